The summed E-state index contributed by atoms with van der Waals surface area (Å²) < 4.78 is 4.16. The van der Waals surface area contributed by atoms with E-state index in [1.165, 1.54) is 11.3 Å². The van der Waals surface area contributed by atoms with Gasteiger partial charge in [-0.05, 0) is 36.9 Å². The maximum atomic E-state index is 12.9. The van der Waals surface area contributed by atoms with Crippen molar-refractivity contribution in [3.8, 4) is 0 Å². The number of thiophene rings is 1. The van der Waals surface area contributed by atoms with E-state index in [2.05, 4.69) is 19.9 Å². The van der Waals surface area contributed by atoms with E-state index in [1.807, 2.05) is 12.1 Å². The quantitative estimate of drug-likeness (QED) is 0.600. The molecule has 132 valence electrons. The van der Waals surface area contributed by atoms with Crippen molar-refractivity contribution >= 4 is 44.4 Å². The molecule has 1 unspecified atom stereocenters. The molecule has 2 aromatic rings. The molecule has 0 aromatic carbocycles. The monoisotopic (exact) mass is 376 g/mol. The molecule has 4 rings (SSSR count). The number of hydrogen-bond acceptors (Lipinski definition) is 8. The Hall–Kier alpha value is -1.81. The summed E-state index contributed by atoms with van der Waals surface area (Å²) in [5, 5.41) is 4.58. The van der Waals surface area contributed by atoms with Gasteiger partial charge in [0.15, 0.2) is 0 Å². The van der Waals surface area contributed by atoms with Crippen LogP contribution in [0.2, 0.25) is 0 Å². The summed E-state index contributed by atoms with van der Waals surface area (Å²) >= 11 is 2.93. The molecule has 0 aliphatic carbocycles. The second kappa shape index (κ2) is 6.83. The number of hydrogen-bond donors (Lipinski definition) is 4. The molecule has 0 spiro atoms. The first kappa shape index (κ1) is 16.6. The molecule has 4 heterocycles. The fraction of sp³-hybridized carbons (Fsp3) is 0.375. The molecule has 1 amide bonds. The Labute approximate surface area is 154 Å². The van der Waals surface area contributed by atoms with Gasteiger partial charge in [-0.25, -0.2) is 0 Å². The van der Waals surface area contributed by atoms with Gasteiger partial charge in [-0.15, -0.1) is 11.3 Å². The van der Waals surface area contributed by atoms with Gasteiger partial charge in [0.25, 0.3) is 5.91 Å². The molecule has 6 N–H and O–H groups in total. The summed E-state index contributed by atoms with van der Waals surface area (Å²) in [6.45, 7) is 2.38. The van der Waals surface area contributed by atoms with Crippen LogP contribution in [-0.2, 0) is 0 Å². The minimum Gasteiger partial charge on any atom is -0.390 e. The first-order valence-corrected chi connectivity index (χ1v) is 9.84. The van der Waals surface area contributed by atoms with Crippen molar-refractivity contribution in [1.82, 2.24) is 19.9 Å². The lowest BCUT2D eigenvalue weighted by Crippen LogP contribution is -2.42. The number of rotatable bonds is 3. The highest BCUT2D eigenvalue weighted by Crippen LogP contribution is 2.33. The van der Waals surface area contributed by atoms with Crippen LogP contribution in [0.25, 0.3) is 10.2 Å². The molecule has 9 heteroatoms. The molecule has 25 heavy (non-hydrogen) atoms. The summed E-state index contributed by atoms with van der Waals surface area (Å²) in [6, 6.07) is 3.95. The van der Waals surface area contributed by atoms with E-state index in [1.54, 1.807) is 18.1 Å². The average molecular weight is 377 g/mol. The number of likely N-dealkylation sites (tertiary alicyclic amines) is 1. The Kier molecular flexibility index (Phi) is 4.55. The van der Waals surface area contributed by atoms with Crippen LogP contribution in [0.15, 0.2) is 29.1 Å². The minimum atomic E-state index is -0.208. The number of nitrogens with one attached hydrogen (secondary N) is 2. The number of nitrogens with zero attached hydrogens (tertiary/aromatic N) is 2. The van der Waals surface area contributed by atoms with Crippen molar-refractivity contribution in [1.29, 1.82) is 0 Å². The van der Waals surface area contributed by atoms with E-state index < -0.39 is 0 Å². The zero-order valence-corrected chi connectivity index (χ0v) is 15.3. The maximum absolute atomic E-state index is 12.9. The Bertz CT molecular complexity index is 848. The van der Waals surface area contributed by atoms with E-state index in [0.717, 1.165) is 41.4 Å². The van der Waals surface area contributed by atoms with Crippen LogP contribution < -0.4 is 21.5 Å². The van der Waals surface area contributed by atoms with Crippen molar-refractivity contribution in [2.45, 2.75) is 18.9 Å². The Morgan fingerprint density at radius 3 is 3.20 bits per heavy atom. The van der Waals surface area contributed by atoms with Crippen molar-refractivity contribution < 1.29 is 4.79 Å². The first-order chi connectivity index (χ1) is 12.1. The zero-order valence-electron chi connectivity index (χ0n) is 13.6. The number of nitrogen functional groups attached to an aromatic ring is 1. The highest BCUT2D eigenvalue weighted by atomic mass is 32.2. The fourth-order valence-corrected chi connectivity index (χ4v) is 5.05. The molecular weight excluding hydrogens is 356 g/mol. The molecular formula is C16H20N6OS2. The number of fused-ring (bicyclic) bond motifs is 1. The summed E-state index contributed by atoms with van der Waals surface area (Å²) in [4.78, 5) is 19.4. The maximum Gasteiger partial charge on any atom is 0.260 e. The smallest absolute Gasteiger partial charge is 0.260 e. The topological polar surface area (TPSA) is 109 Å². The van der Waals surface area contributed by atoms with Crippen molar-refractivity contribution in [2.24, 2.45) is 5.73 Å². The third-order valence-electron chi connectivity index (χ3n) is 4.39. The summed E-state index contributed by atoms with van der Waals surface area (Å²) in [5.74, 6) is -0.208. The lowest BCUT2D eigenvalue weighted by atomic mass is 10.1. The summed E-state index contributed by atoms with van der Waals surface area (Å²) in [6.07, 6.45) is 3.79. The first-order valence-electron chi connectivity index (χ1n) is 8.21. The molecule has 0 bridgehead atoms. The van der Waals surface area contributed by atoms with E-state index in [-0.39, 0.29) is 11.9 Å². The second-order valence-corrected chi connectivity index (χ2v) is 8.16. The van der Waals surface area contributed by atoms with Gasteiger partial charge < -0.3 is 21.7 Å². The lowest BCUT2D eigenvalue weighted by molar-refractivity contribution is 0.0967. The predicted molar refractivity (Wildman–Crippen MR) is 103 cm³/mol. The van der Waals surface area contributed by atoms with Gasteiger partial charge >= 0.3 is 0 Å². The highest BCUT2D eigenvalue weighted by molar-refractivity contribution is 8.01. The van der Waals surface area contributed by atoms with E-state index >= 15 is 0 Å². The number of nitrogens with two attached hydrogens (primary N) is 2. The van der Waals surface area contributed by atoms with Crippen LogP contribution in [0, 0.1) is 0 Å². The third kappa shape index (κ3) is 3.20. The van der Waals surface area contributed by atoms with Crippen LogP contribution in [0.3, 0.4) is 0 Å². The molecule has 0 radical (unpaired) electrons. The third-order valence-corrected chi connectivity index (χ3v) is 6.35. The average Bonchev–Trinajstić information content (AvgIpc) is 3.17. The number of piperidine rings is 1. The number of pyridine rings is 1. The van der Waals surface area contributed by atoms with Gasteiger partial charge in [-0.1, -0.05) is 0 Å². The van der Waals surface area contributed by atoms with E-state index in [0.29, 0.717) is 22.6 Å². The number of amides is 1. The van der Waals surface area contributed by atoms with Gasteiger partial charge in [0, 0.05) is 31.9 Å². The molecule has 0 saturated carbocycles. The molecule has 1 atom stereocenters. The highest BCUT2D eigenvalue weighted by Gasteiger charge is 2.27. The fourth-order valence-electron chi connectivity index (χ4n) is 3.23. The molecule has 1 fully saturated rings. The molecule has 2 aliphatic rings. The number of carbonyl (C=O) groups excluding carboxylic acids is 1. The Morgan fingerprint density at radius 1 is 1.48 bits per heavy atom. The van der Waals surface area contributed by atoms with Gasteiger partial charge in [-0.2, -0.15) is 0 Å². The largest absolute Gasteiger partial charge is 0.390 e. The normalized spacial score (nSPS) is 21.2. The Morgan fingerprint density at radius 2 is 2.36 bits per heavy atom. The lowest BCUT2D eigenvalue weighted by Gasteiger charge is -2.33. The molecule has 2 aromatic heterocycles. The van der Waals surface area contributed by atoms with E-state index in [9.17, 15) is 4.79 Å². The Balaban J connectivity index is 1.60. The molecule has 7 nitrogen and oxygen atoms in total. The van der Waals surface area contributed by atoms with Gasteiger partial charge in [0.2, 0.25) is 0 Å². The van der Waals surface area contributed by atoms with Gasteiger partial charge in [-0.3, -0.25) is 14.5 Å². The van der Waals surface area contributed by atoms with Crippen molar-refractivity contribution in [3.63, 3.8) is 0 Å². The van der Waals surface area contributed by atoms with Crippen molar-refractivity contribution in [3.05, 3.63) is 34.6 Å². The van der Waals surface area contributed by atoms with E-state index in [4.69, 9.17) is 11.5 Å². The summed E-state index contributed by atoms with van der Waals surface area (Å²) in [7, 11) is 0. The van der Waals surface area contributed by atoms with Crippen LogP contribution in [0.1, 0.15) is 23.2 Å². The van der Waals surface area contributed by atoms with Crippen LogP contribution in [0.5, 0.6) is 0 Å². The molecule has 1 saturated heterocycles. The van der Waals surface area contributed by atoms with Crippen LogP contribution >= 0.6 is 23.3 Å². The SMILES string of the molecule is Nc1sc2cccnc2c1C(=O)NC1=C(N2CCCC(N)C2)SNC1. The second-order valence-electron chi connectivity index (χ2n) is 6.20. The molecule has 2 aliphatic heterocycles. The standard InChI is InChI=1S/C16H20N6OS2/c17-9-3-2-6-22(8-9)16-10(7-20-25-16)21-15(23)12-13-11(24-14(12)18)4-1-5-19-13/h1,4-5,9,20H,2-3,6-8,17-18H2,(H,21,23). The number of anilines is 1. The number of carbonyl (C=O) groups is 1. The van der Waals surface area contributed by atoms with Gasteiger partial charge in [0.05, 0.1) is 15.9 Å². The minimum absolute atomic E-state index is 0.181. The summed E-state index contributed by atoms with van der Waals surface area (Å²) in [5.41, 5.74) is 14.2. The van der Waals surface area contributed by atoms with Gasteiger partial charge in [0.1, 0.15) is 15.6 Å². The number of aromatic nitrogens is 1. The van der Waals surface area contributed by atoms with Crippen molar-refractivity contribution in [2.75, 3.05) is 25.4 Å². The zero-order chi connectivity index (χ0) is 17.4. The van der Waals surface area contributed by atoms with Crippen LogP contribution in [-0.4, -0.2) is 41.5 Å². The van der Waals surface area contributed by atoms with Crippen LogP contribution in [0.4, 0.5) is 5.00 Å². The predicted octanol–water partition coefficient (Wildman–Crippen LogP) is 1.45.